The highest BCUT2D eigenvalue weighted by atomic mass is 79.9. The minimum atomic E-state index is 0.358. The summed E-state index contributed by atoms with van der Waals surface area (Å²) in [5, 5.41) is 0.704. The van der Waals surface area contributed by atoms with Gasteiger partial charge in [-0.3, -0.25) is 0 Å². The van der Waals surface area contributed by atoms with Crippen molar-refractivity contribution in [1.82, 2.24) is 0 Å². The Balaban J connectivity index is 2.38. The molecule has 0 fully saturated rings. The summed E-state index contributed by atoms with van der Waals surface area (Å²) in [4.78, 5) is 0.358. The number of hydrogen-bond donors (Lipinski definition) is 1. The predicted molar refractivity (Wildman–Crippen MR) is 91.0 cm³/mol. The summed E-state index contributed by atoms with van der Waals surface area (Å²) >= 11 is 14.4. The Kier molecular flexibility index (Phi) is 4.68. The molecule has 0 amide bonds. The molecule has 0 saturated heterocycles. The third kappa shape index (κ3) is 3.32. The number of ether oxygens (including phenoxy) is 1. The SMILES string of the molecule is Cc1cc(Cl)cc(C)c1Oc1ccc(C(N)=S)cc1Br. The fourth-order valence-electron chi connectivity index (χ4n) is 1.91. The molecule has 0 aliphatic rings. The average Bonchev–Trinajstić information content (AvgIpc) is 2.34. The molecule has 0 aliphatic heterocycles. The number of rotatable bonds is 3. The number of halogens is 2. The standard InChI is InChI=1S/C15H13BrClNOS/c1-8-5-11(17)6-9(2)14(8)19-13-4-3-10(15(18)20)7-12(13)16/h3-7H,1-2H3,(H2,18,20). The zero-order valence-electron chi connectivity index (χ0n) is 11.0. The van der Waals surface area contributed by atoms with Crippen molar-refractivity contribution in [2.75, 3.05) is 0 Å². The van der Waals surface area contributed by atoms with Crippen molar-refractivity contribution in [3.8, 4) is 11.5 Å². The molecule has 2 rings (SSSR count). The molecule has 0 spiro atoms. The molecule has 0 aromatic heterocycles. The Morgan fingerprint density at radius 2 is 1.80 bits per heavy atom. The molecule has 2 aromatic rings. The summed E-state index contributed by atoms with van der Waals surface area (Å²) in [5.41, 5.74) is 8.37. The number of hydrogen-bond acceptors (Lipinski definition) is 2. The second-order valence-corrected chi connectivity index (χ2v) is 6.21. The Morgan fingerprint density at radius 3 is 2.30 bits per heavy atom. The first-order chi connectivity index (χ1) is 9.38. The second-order valence-electron chi connectivity index (χ2n) is 4.48. The summed E-state index contributed by atoms with van der Waals surface area (Å²) in [6.07, 6.45) is 0. The van der Waals surface area contributed by atoms with Crippen molar-refractivity contribution in [3.05, 3.63) is 56.5 Å². The van der Waals surface area contributed by atoms with Crippen LogP contribution in [0.2, 0.25) is 5.02 Å². The summed E-state index contributed by atoms with van der Waals surface area (Å²) < 4.78 is 6.77. The van der Waals surface area contributed by atoms with Gasteiger partial charge in [0.15, 0.2) is 0 Å². The third-order valence-corrected chi connectivity index (χ3v) is 3.93. The lowest BCUT2D eigenvalue weighted by Crippen LogP contribution is -2.09. The molecule has 0 unspecified atom stereocenters. The molecule has 104 valence electrons. The maximum absolute atomic E-state index is 6.02. The Morgan fingerprint density at radius 1 is 1.20 bits per heavy atom. The molecule has 0 heterocycles. The van der Waals surface area contributed by atoms with E-state index in [9.17, 15) is 0 Å². The van der Waals surface area contributed by atoms with Crippen LogP contribution in [-0.2, 0) is 0 Å². The molecule has 0 atom stereocenters. The van der Waals surface area contributed by atoms with Gasteiger partial charge in [-0.15, -0.1) is 0 Å². The minimum Gasteiger partial charge on any atom is -0.456 e. The number of thiocarbonyl (C=S) groups is 1. The summed E-state index contributed by atoms with van der Waals surface area (Å²) in [7, 11) is 0. The Bertz CT molecular complexity index is 665. The van der Waals surface area contributed by atoms with E-state index < -0.39 is 0 Å². The van der Waals surface area contributed by atoms with Crippen LogP contribution >= 0.6 is 39.7 Å². The van der Waals surface area contributed by atoms with Gasteiger partial charge in [-0.2, -0.15) is 0 Å². The van der Waals surface area contributed by atoms with Crippen LogP contribution < -0.4 is 10.5 Å². The fraction of sp³-hybridized carbons (Fsp3) is 0.133. The topological polar surface area (TPSA) is 35.2 Å². The Labute approximate surface area is 137 Å². The van der Waals surface area contributed by atoms with Gasteiger partial charge in [0, 0.05) is 10.6 Å². The van der Waals surface area contributed by atoms with Crippen LogP contribution in [0.25, 0.3) is 0 Å². The van der Waals surface area contributed by atoms with Gasteiger partial charge in [0.25, 0.3) is 0 Å². The zero-order valence-corrected chi connectivity index (χ0v) is 14.2. The zero-order chi connectivity index (χ0) is 14.9. The van der Waals surface area contributed by atoms with Crippen LogP contribution in [0.15, 0.2) is 34.8 Å². The molecule has 0 radical (unpaired) electrons. The van der Waals surface area contributed by atoms with E-state index >= 15 is 0 Å². The van der Waals surface area contributed by atoms with Crippen molar-refractivity contribution in [1.29, 1.82) is 0 Å². The van der Waals surface area contributed by atoms with Crippen molar-refractivity contribution in [3.63, 3.8) is 0 Å². The van der Waals surface area contributed by atoms with E-state index in [2.05, 4.69) is 15.9 Å². The first kappa shape index (κ1) is 15.3. The molecular weight excluding hydrogens is 358 g/mol. The molecule has 2 nitrogen and oxygen atoms in total. The number of benzene rings is 2. The summed E-state index contributed by atoms with van der Waals surface area (Å²) in [6, 6.07) is 9.27. The highest BCUT2D eigenvalue weighted by molar-refractivity contribution is 9.10. The lowest BCUT2D eigenvalue weighted by molar-refractivity contribution is 0.472. The van der Waals surface area contributed by atoms with Crippen molar-refractivity contribution in [2.24, 2.45) is 5.73 Å². The van der Waals surface area contributed by atoms with Gasteiger partial charge in [0.05, 0.1) is 4.47 Å². The first-order valence-corrected chi connectivity index (χ1v) is 7.50. The normalized spacial score (nSPS) is 10.4. The highest BCUT2D eigenvalue weighted by Gasteiger charge is 2.10. The van der Waals surface area contributed by atoms with Gasteiger partial charge in [0.2, 0.25) is 0 Å². The molecule has 2 aromatic carbocycles. The second kappa shape index (κ2) is 6.12. The lowest BCUT2D eigenvalue weighted by atomic mass is 10.1. The van der Waals surface area contributed by atoms with E-state index in [-0.39, 0.29) is 0 Å². The quantitative estimate of drug-likeness (QED) is 0.759. The van der Waals surface area contributed by atoms with E-state index in [0.29, 0.717) is 15.8 Å². The first-order valence-electron chi connectivity index (χ1n) is 5.92. The van der Waals surface area contributed by atoms with Gasteiger partial charge in [0.1, 0.15) is 16.5 Å². The molecule has 2 N–H and O–H groups in total. The Hall–Kier alpha value is -1.10. The van der Waals surface area contributed by atoms with Gasteiger partial charge in [-0.05, 0) is 71.2 Å². The predicted octanol–water partition coefficient (Wildman–Crippen LogP) is 5.15. The van der Waals surface area contributed by atoms with Crippen LogP contribution in [-0.4, -0.2) is 4.99 Å². The number of aryl methyl sites for hydroxylation is 2. The fourth-order valence-corrected chi connectivity index (χ4v) is 2.82. The molecule has 0 aliphatic carbocycles. The monoisotopic (exact) mass is 369 g/mol. The van der Waals surface area contributed by atoms with Gasteiger partial charge in [-0.25, -0.2) is 0 Å². The molecular formula is C15H13BrClNOS. The van der Waals surface area contributed by atoms with Crippen molar-refractivity contribution < 1.29 is 4.74 Å². The van der Waals surface area contributed by atoms with Crippen molar-refractivity contribution in [2.45, 2.75) is 13.8 Å². The summed E-state index contributed by atoms with van der Waals surface area (Å²) in [6.45, 7) is 3.93. The van der Waals surface area contributed by atoms with Crippen LogP contribution in [0.3, 0.4) is 0 Å². The van der Waals surface area contributed by atoms with Gasteiger partial charge in [-0.1, -0.05) is 23.8 Å². The van der Waals surface area contributed by atoms with Gasteiger partial charge >= 0.3 is 0 Å². The smallest absolute Gasteiger partial charge is 0.141 e. The van der Waals surface area contributed by atoms with Crippen LogP contribution in [0.1, 0.15) is 16.7 Å². The minimum absolute atomic E-state index is 0.358. The van der Waals surface area contributed by atoms with E-state index in [1.165, 1.54) is 0 Å². The maximum Gasteiger partial charge on any atom is 0.141 e. The van der Waals surface area contributed by atoms with Crippen LogP contribution in [0.4, 0.5) is 0 Å². The molecule has 5 heteroatoms. The lowest BCUT2D eigenvalue weighted by Gasteiger charge is -2.14. The largest absolute Gasteiger partial charge is 0.456 e. The van der Waals surface area contributed by atoms with Crippen LogP contribution in [0, 0.1) is 13.8 Å². The summed E-state index contributed by atoms with van der Waals surface area (Å²) in [5.74, 6) is 1.51. The maximum atomic E-state index is 6.02. The van der Waals surface area contributed by atoms with E-state index in [4.69, 9.17) is 34.3 Å². The third-order valence-electron chi connectivity index (χ3n) is 2.85. The highest BCUT2D eigenvalue weighted by Crippen LogP contribution is 2.35. The van der Waals surface area contributed by atoms with Crippen molar-refractivity contribution >= 4 is 44.7 Å². The molecule has 0 saturated carbocycles. The van der Waals surface area contributed by atoms with E-state index in [1.54, 1.807) is 0 Å². The molecule has 20 heavy (non-hydrogen) atoms. The van der Waals surface area contributed by atoms with E-state index in [1.807, 2.05) is 44.2 Å². The molecule has 0 bridgehead atoms. The van der Waals surface area contributed by atoms with Gasteiger partial charge < -0.3 is 10.5 Å². The average molecular weight is 371 g/mol. The van der Waals surface area contributed by atoms with E-state index in [0.717, 1.165) is 26.9 Å². The number of nitrogens with two attached hydrogens (primary N) is 1. The van der Waals surface area contributed by atoms with Crippen LogP contribution in [0.5, 0.6) is 11.5 Å².